The number of ether oxygens (including phenoxy) is 1. The van der Waals surface area contributed by atoms with Crippen molar-refractivity contribution >= 4 is 23.3 Å². The van der Waals surface area contributed by atoms with Crippen LogP contribution in [0.3, 0.4) is 0 Å². The van der Waals surface area contributed by atoms with Gasteiger partial charge in [-0.1, -0.05) is 0 Å². The van der Waals surface area contributed by atoms with Crippen molar-refractivity contribution in [3.8, 4) is 5.75 Å². The minimum atomic E-state index is -1.10. The van der Waals surface area contributed by atoms with Gasteiger partial charge in [-0.3, -0.25) is 14.4 Å². The summed E-state index contributed by atoms with van der Waals surface area (Å²) in [5.41, 5.74) is 7.24. The topological polar surface area (TPSA) is 119 Å². The molecule has 0 aliphatic carbocycles. The molecule has 0 saturated heterocycles. The van der Waals surface area contributed by atoms with Gasteiger partial charge in [0.1, 0.15) is 12.3 Å². The molecular formula is C18H18N2O5. The number of nitrogens with two attached hydrogens (primary N) is 1. The lowest BCUT2D eigenvalue weighted by Crippen LogP contribution is -2.30. The second-order valence-electron chi connectivity index (χ2n) is 5.24. The summed E-state index contributed by atoms with van der Waals surface area (Å²) < 4.78 is 5.40. The third kappa shape index (κ3) is 5.65. The molecule has 1 amide bonds. The smallest absolute Gasteiger partial charge is 0.322 e. The van der Waals surface area contributed by atoms with E-state index in [0.29, 0.717) is 22.6 Å². The molecule has 2 aromatic carbocycles. The number of benzene rings is 2. The van der Waals surface area contributed by atoms with E-state index in [4.69, 9.17) is 15.6 Å². The Balaban J connectivity index is 1.85. The highest BCUT2D eigenvalue weighted by Gasteiger charge is 2.09. The lowest BCUT2D eigenvalue weighted by molar-refractivity contribution is -0.138. The van der Waals surface area contributed by atoms with Crippen LogP contribution in [0.5, 0.6) is 5.75 Å². The SMILES string of the molecule is Nc1ccc(C(=O)c2ccc(OCCC(=O)NCC(=O)O)cc2)cc1. The van der Waals surface area contributed by atoms with E-state index in [1.165, 1.54) is 0 Å². The molecule has 7 heteroatoms. The first-order valence-corrected chi connectivity index (χ1v) is 7.57. The zero-order valence-electron chi connectivity index (χ0n) is 13.4. The molecule has 2 aromatic rings. The maximum Gasteiger partial charge on any atom is 0.322 e. The van der Waals surface area contributed by atoms with Crippen LogP contribution in [-0.2, 0) is 9.59 Å². The van der Waals surface area contributed by atoms with Crippen molar-refractivity contribution in [2.75, 3.05) is 18.9 Å². The molecule has 0 aliphatic rings. The number of nitrogens with one attached hydrogen (secondary N) is 1. The molecule has 0 fully saturated rings. The van der Waals surface area contributed by atoms with Gasteiger partial charge in [0.15, 0.2) is 5.78 Å². The Hall–Kier alpha value is -3.35. The van der Waals surface area contributed by atoms with Gasteiger partial charge in [-0.15, -0.1) is 0 Å². The van der Waals surface area contributed by atoms with Crippen molar-refractivity contribution in [2.24, 2.45) is 0 Å². The van der Waals surface area contributed by atoms with Gasteiger partial charge in [-0.25, -0.2) is 0 Å². The van der Waals surface area contributed by atoms with Crippen LogP contribution in [0, 0.1) is 0 Å². The Morgan fingerprint density at radius 1 is 0.960 bits per heavy atom. The predicted octanol–water partition coefficient (Wildman–Crippen LogP) is 1.47. The molecule has 0 radical (unpaired) electrons. The summed E-state index contributed by atoms with van der Waals surface area (Å²) in [7, 11) is 0. The van der Waals surface area contributed by atoms with E-state index in [-0.39, 0.29) is 18.8 Å². The van der Waals surface area contributed by atoms with Gasteiger partial charge < -0.3 is 20.9 Å². The molecule has 7 nitrogen and oxygen atoms in total. The molecule has 0 atom stereocenters. The number of rotatable bonds is 8. The number of carbonyl (C=O) groups excluding carboxylic acids is 2. The summed E-state index contributed by atoms with van der Waals surface area (Å²) in [6, 6.07) is 13.2. The number of nitrogen functional groups attached to an aromatic ring is 1. The highest BCUT2D eigenvalue weighted by molar-refractivity contribution is 6.09. The highest BCUT2D eigenvalue weighted by Crippen LogP contribution is 2.16. The van der Waals surface area contributed by atoms with Crippen molar-refractivity contribution in [3.05, 3.63) is 59.7 Å². The number of ketones is 1. The molecule has 0 heterocycles. The van der Waals surface area contributed by atoms with E-state index in [2.05, 4.69) is 5.32 Å². The van der Waals surface area contributed by atoms with E-state index in [1.54, 1.807) is 48.5 Å². The first-order chi connectivity index (χ1) is 12.0. The van der Waals surface area contributed by atoms with Crippen LogP contribution >= 0.6 is 0 Å². The molecular weight excluding hydrogens is 324 g/mol. The summed E-state index contributed by atoms with van der Waals surface area (Å²) in [5.74, 6) is -1.12. The van der Waals surface area contributed by atoms with Crippen molar-refractivity contribution in [2.45, 2.75) is 6.42 Å². The van der Waals surface area contributed by atoms with Crippen molar-refractivity contribution in [1.82, 2.24) is 5.32 Å². The standard InChI is InChI=1S/C18H18N2O5/c19-14-5-1-12(2-6-14)18(24)13-3-7-15(8-4-13)25-10-9-16(21)20-11-17(22)23/h1-8H,9-11,19H2,(H,20,21)(H,22,23). The summed E-state index contributed by atoms with van der Waals surface area (Å²) >= 11 is 0. The number of carboxylic acids is 1. The molecule has 130 valence electrons. The summed E-state index contributed by atoms with van der Waals surface area (Å²) in [4.78, 5) is 34.0. The number of anilines is 1. The first kappa shape index (κ1) is 18.0. The lowest BCUT2D eigenvalue weighted by atomic mass is 10.0. The Morgan fingerprint density at radius 2 is 1.52 bits per heavy atom. The molecule has 0 unspecified atom stereocenters. The van der Waals surface area contributed by atoms with Crippen LogP contribution in [0.25, 0.3) is 0 Å². The van der Waals surface area contributed by atoms with Crippen LogP contribution in [0.1, 0.15) is 22.3 Å². The summed E-state index contributed by atoms with van der Waals surface area (Å²) in [6.07, 6.45) is 0.0411. The molecule has 0 aliphatic heterocycles. The molecule has 2 rings (SSSR count). The molecule has 0 bridgehead atoms. The molecule has 4 N–H and O–H groups in total. The second kappa shape index (κ2) is 8.49. The van der Waals surface area contributed by atoms with Gasteiger partial charge in [-0.05, 0) is 48.5 Å². The van der Waals surface area contributed by atoms with Gasteiger partial charge in [0.25, 0.3) is 0 Å². The average Bonchev–Trinajstić information content (AvgIpc) is 2.60. The Kier molecular flexibility index (Phi) is 6.11. The lowest BCUT2D eigenvalue weighted by Gasteiger charge is -2.07. The molecule has 0 spiro atoms. The quantitative estimate of drug-likeness (QED) is 0.494. The number of hydrogen-bond donors (Lipinski definition) is 3. The fourth-order valence-corrected chi connectivity index (χ4v) is 2.03. The van der Waals surface area contributed by atoms with Crippen molar-refractivity contribution in [3.63, 3.8) is 0 Å². The van der Waals surface area contributed by atoms with E-state index < -0.39 is 18.4 Å². The average molecular weight is 342 g/mol. The number of amides is 1. The molecule has 0 saturated carbocycles. The fourth-order valence-electron chi connectivity index (χ4n) is 2.03. The van der Waals surface area contributed by atoms with Crippen LogP contribution in [0.2, 0.25) is 0 Å². The number of aliphatic carboxylic acids is 1. The monoisotopic (exact) mass is 342 g/mol. The summed E-state index contributed by atoms with van der Waals surface area (Å²) in [5, 5.41) is 10.7. The number of hydrogen-bond acceptors (Lipinski definition) is 5. The van der Waals surface area contributed by atoms with Crippen LogP contribution in [0.15, 0.2) is 48.5 Å². The van der Waals surface area contributed by atoms with E-state index in [0.717, 1.165) is 0 Å². The maximum absolute atomic E-state index is 12.3. The van der Waals surface area contributed by atoms with E-state index in [9.17, 15) is 14.4 Å². The zero-order valence-corrected chi connectivity index (χ0v) is 13.4. The maximum atomic E-state index is 12.3. The van der Waals surface area contributed by atoms with Gasteiger partial charge in [-0.2, -0.15) is 0 Å². The fraction of sp³-hybridized carbons (Fsp3) is 0.167. The normalized spacial score (nSPS) is 10.1. The van der Waals surface area contributed by atoms with Gasteiger partial charge in [0.2, 0.25) is 5.91 Å². The van der Waals surface area contributed by atoms with Gasteiger partial charge in [0, 0.05) is 16.8 Å². The number of carboxylic acid groups (broad SMARTS) is 1. The predicted molar refractivity (Wildman–Crippen MR) is 91.5 cm³/mol. The highest BCUT2D eigenvalue weighted by atomic mass is 16.5. The van der Waals surface area contributed by atoms with Gasteiger partial charge in [0.05, 0.1) is 13.0 Å². The van der Waals surface area contributed by atoms with Crippen LogP contribution in [0.4, 0.5) is 5.69 Å². The van der Waals surface area contributed by atoms with E-state index in [1.807, 2.05) is 0 Å². The van der Waals surface area contributed by atoms with Crippen LogP contribution in [-0.4, -0.2) is 35.9 Å². The first-order valence-electron chi connectivity index (χ1n) is 7.57. The number of carbonyl (C=O) groups is 3. The van der Waals surface area contributed by atoms with Gasteiger partial charge >= 0.3 is 5.97 Å². The Labute approximate surface area is 144 Å². The van der Waals surface area contributed by atoms with Crippen LogP contribution < -0.4 is 15.8 Å². The Bertz CT molecular complexity index is 754. The van der Waals surface area contributed by atoms with Crippen molar-refractivity contribution in [1.29, 1.82) is 0 Å². The second-order valence-corrected chi connectivity index (χ2v) is 5.24. The molecule has 0 aromatic heterocycles. The third-order valence-corrected chi connectivity index (χ3v) is 3.32. The zero-order chi connectivity index (χ0) is 18.2. The largest absolute Gasteiger partial charge is 0.493 e. The third-order valence-electron chi connectivity index (χ3n) is 3.32. The Morgan fingerprint density at radius 3 is 2.08 bits per heavy atom. The minimum absolute atomic E-state index is 0.0411. The summed E-state index contributed by atoms with van der Waals surface area (Å²) in [6.45, 7) is -0.308. The molecule has 25 heavy (non-hydrogen) atoms. The van der Waals surface area contributed by atoms with Crippen molar-refractivity contribution < 1.29 is 24.2 Å². The van der Waals surface area contributed by atoms with E-state index >= 15 is 0 Å². The minimum Gasteiger partial charge on any atom is -0.493 e.